The monoisotopic (exact) mass is 273 g/mol. The number of hydrogen-bond acceptors (Lipinski definition) is 3. The molecule has 0 spiro atoms. The Kier molecular flexibility index (Phi) is 3.85. The second-order valence-corrected chi connectivity index (χ2v) is 6.17. The number of hydrogen-bond donors (Lipinski definition) is 1. The van der Waals surface area contributed by atoms with Crippen LogP contribution < -0.4 is 10.1 Å². The molecule has 0 saturated heterocycles. The lowest BCUT2D eigenvalue weighted by Gasteiger charge is -2.16. The molecule has 0 amide bonds. The predicted octanol–water partition coefficient (Wildman–Crippen LogP) is 3.44. The predicted molar refractivity (Wildman–Crippen MR) is 80.2 cm³/mol. The molecule has 2 aromatic rings. The van der Waals surface area contributed by atoms with E-state index in [2.05, 4.69) is 48.0 Å². The summed E-state index contributed by atoms with van der Waals surface area (Å²) in [6, 6.07) is 13.2. The molecule has 0 bridgehead atoms. The van der Waals surface area contributed by atoms with Crippen molar-refractivity contribution < 1.29 is 4.74 Å². The minimum absolute atomic E-state index is 0.488. The first-order valence-electron chi connectivity index (χ1n) is 6.80. The third kappa shape index (κ3) is 2.99. The summed E-state index contributed by atoms with van der Waals surface area (Å²) >= 11 is 1.83. The molecule has 19 heavy (non-hydrogen) atoms. The van der Waals surface area contributed by atoms with E-state index in [-0.39, 0.29) is 0 Å². The SMILES string of the molecule is CC(Cc1cccs1)NCC1COc2ccccc21. The summed E-state index contributed by atoms with van der Waals surface area (Å²) in [6.45, 7) is 4.04. The lowest BCUT2D eigenvalue weighted by atomic mass is 10.0. The minimum atomic E-state index is 0.488. The lowest BCUT2D eigenvalue weighted by molar-refractivity contribution is 0.323. The molecule has 1 N–H and O–H groups in total. The first-order valence-corrected chi connectivity index (χ1v) is 7.68. The van der Waals surface area contributed by atoms with Gasteiger partial charge in [-0.2, -0.15) is 0 Å². The zero-order chi connectivity index (χ0) is 13.1. The van der Waals surface area contributed by atoms with Gasteiger partial charge in [-0.15, -0.1) is 11.3 Å². The van der Waals surface area contributed by atoms with Crippen molar-refractivity contribution in [3.63, 3.8) is 0 Å². The summed E-state index contributed by atoms with van der Waals surface area (Å²) in [5.41, 5.74) is 1.35. The van der Waals surface area contributed by atoms with Crippen LogP contribution in [0, 0.1) is 0 Å². The Labute approximate surface area is 118 Å². The first-order chi connectivity index (χ1) is 9.33. The highest BCUT2D eigenvalue weighted by molar-refractivity contribution is 7.09. The van der Waals surface area contributed by atoms with Crippen LogP contribution >= 0.6 is 11.3 Å². The molecule has 1 aliphatic rings. The molecule has 0 aliphatic carbocycles. The number of fused-ring (bicyclic) bond motifs is 1. The van der Waals surface area contributed by atoms with Crippen molar-refractivity contribution in [1.29, 1.82) is 0 Å². The molecule has 0 fully saturated rings. The summed E-state index contributed by atoms with van der Waals surface area (Å²) in [6.07, 6.45) is 1.10. The van der Waals surface area contributed by atoms with Crippen molar-refractivity contribution in [2.75, 3.05) is 13.2 Å². The van der Waals surface area contributed by atoms with Gasteiger partial charge in [-0.1, -0.05) is 24.3 Å². The number of benzene rings is 1. The van der Waals surface area contributed by atoms with Gasteiger partial charge in [0.1, 0.15) is 5.75 Å². The molecule has 3 heteroatoms. The van der Waals surface area contributed by atoms with E-state index in [4.69, 9.17) is 4.74 Å². The normalized spacial score (nSPS) is 18.9. The Morgan fingerprint density at radius 3 is 3.05 bits per heavy atom. The molecule has 2 heterocycles. The van der Waals surface area contributed by atoms with Gasteiger partial charge in [0.2, 0.25) is 0 Å². The summed E-state index contributed by atoms with van der Waals surface area (Å²) in [5, 5.41) is 5.77. The van der Waals surface area contributed by atoms with Gasteiger partial charge in [0.25, 0.3) is 0 Å². The molecule has 2 unspecified atom stereocenters. The number of para-hydroxylation sites is 1. The van der Waals surface area contributed by atoms with Crippen LogP contribution in [0.15, 0.2) is 41.8 Å². The van der Waals surface area contributed by atoms with E-state index in [9.17, 15) is 0 Å². The maximum Gasteiger partial charge on any atom is 0.122 e. The van der Waals surface area contributed by atoms with E-state index in [1.54, 1.807) is 0 Å². The van der Waals surface area contributed by atoms with Gasteiger partial charge in [-0.3, -0.25) is 0 Å². The summed E-state index contributed by atoms with van der Waals surface area (Å²) in [5.74, 6) is 1.54. The van der Waals surface area contributed by atoms with E-state index >= 15 is 0 Å². The van der Waals surface area contributed by atoms with E-state index in [1.165, 1.54) is 10.4 Å². The van der Waals surface area contributed by atoms with Crippen LogP contribution in [-0.4, -0.2) is 19.2 Å². The topological polar surface area (TPSA) is 21.3 Å². The standard InChI is InChI=1S/C16H19NOS/c1-12(9-14-5-4-8-19-14)17-10-13-11-18-16-7-3-2-6-15(13)16/h2-8,12-13,17H,9-11H2,1H3. The fraction of sp³-hybridized carbons (Fsp3) is 0.375. The molecular weight excluding hydrogens is 254 g/mol. The largest absolute Gasteiger partial charge is 0.493 e. The third-order valence-corrected chi connectivity index (χ3v) is 4.50. The zero-order valence-corrected chi connectivity index (χ0v) is 12.0. The van der Waals surface area contributed by atoms with Gasteiger partial charge in [0, 0.05) is 28.9 Å². The Morgan fingerprint density at radius 2 is 2.21 bits per heavy atom. The minimum Gasteiger partial charge on any atom is -0.493 e. The van der Waals surface area contributed by atoms with E-state index in [1.807, 2.05) is 17.4 Å². The Balaban J connectivity index is 1.53. The van der Waals surface area contributed by atoms with Gasteiger partial charge in [-0.25, -0.2) is 0 Å². The van der Waals surface area contributed by atoms with Gasteiger partial charge in [-0.05, 0) is 30.9 Å². The molecule has 2 atom stereocenters. The molecular formula is C16H19NOS. The van der Waals surface area contributed by atoms with Crippen molar-refractivity contribution in [1.82, 2.24) is 5.32 Å². The molecule has 3 rings (SSSR count). The van der Waals surface area contributed by atoms with Crippen LogP contribution in [0.25, 0.3) is 0 Å². The number of thiophene rings is 1. The average molecular weight is 273 g/mol. The molecule has 2 nitrogen and oxygen atoms in total. The fourth-order valence-electron chi connectivity index (χ4n) is 2.54. The third-order valence-electron chi connectivity index (χ3n) is 3.60. The zero-order valence-electron chi connectivity index (χ0n) is 11.1. The molecule has 1 aromatic heterocycles. The van der Waals surface area contributed by atoms with Crippen molar-refractivity contribution in [3.05, 3.63) is 52.2 Å². The molecule has 0 radical (unpaired) electrons. The number of ether oxygens (including phenoxy) is 1. The van der Waals surface area contributed by atoms with E-state index in [0.717, 1.165) is 25.3 Å². The fourth-order valence-corrected chi connectivity index (χ4v) is 3.38. The van der Waals surface area contributed by atoms with Crippen LogP contribution in [0.3, 0.4) is 0 Å². The van der Waals surface area contributed by atoms with Crippen molar-refractivity contribution in [2.24, 2.45) is 0 Å². The highest BCUT2D eigenvalue weighted by atomic mass is 32.1. The molecule has 1 aliphatic heterocycles. The van der Waals surface area contributed by atoms with Gasteiger partial charge < -0.3 is 10.1 Å². The summed E-state index contributed by atoms with van der Waals surface area (Å²) in [7, 11) is 0. The molecule has 100 valence electrons. The maximum atomic E-state index is 5.71. The van der Waals surface area contributed by atoms with Gasteiger partial charge >= 0.3 is 0 Å². The summed E-state index contributed by atoms with van der Waals surface area (Å²) in [4.78, 5) is 1.45. The first kappa shape index (κ1) is 12.7. The van der Waals surface area contributed by atoms with Crippen LogP contribution in [0.1, 0.15) is 23.3 Å². The second-order valence-electron chi connectivity index (χ2n) is 5.14. The molecule has 0 saturated carbocycles. The van der Waals surface area contributed by atoms with Crippen LogP contribution in [0.4, 0.5) is 0 Å². The van der Waals surface area contributed by atoms with E-state index in [0.29, 0.717) is 12.0 Å². The number of nitrogens with one attached hydrogen (secondary N) is 1. The number of rotatable bonds is 5. The van der Waals surface area contributed by atoms with Crippen LogP contribution in [0.2, 0.25) is 0 Å². The van der Waals surface area contributed by atoms with Crippen molar-refractivity contribution in [2.45, 2.75) is 25.3 Å². The average Bonchev–Trinajstić information content (AvgIpc) is 3.05. The Hall–Kier alpha value is -1.32. The smallest absolute Gasteiger partial charge is 0.122 e. The quantitative estimate of drug-likeness (QED) is 0.901. The van der Waals surface area contributed by atoms with Crippen molar-refractivity contribution >= 4 is 11.3 Å². The highest BCUT2D eigenvalue weighted by Gasteiger charge is 2.23. The van der Waals surface area contributed by atoms with Gasteiger partial charge in [0.05, 0.1) is 6.61 Å². The second kappa shape index (κ2) is 5.76. The molecule has 1 aromatic carbocycles. The van der Waals surface area contributed by atoms with Gasteiger partial charge in [0.15, 0.2) is 0 Å². The lowest BCUT2D eigenvalue weighted by Crippen LogP contribution is -2.32. The Bertz CT molecular complexity index is 523. The highest BCUT2D eigenvalue weighted by Crippen LogP contribution is 2.32. The van der Waals surface area contributed by atoms with Crippen LogP contribution in [-0.2, 0) is 6.42 Å². The maximum absolute atomic E-state index is 5.71. The summed E-state index contributed by atoms with van der Waals surface area (Å²) < 4.78 is 5.71. The van der Waals surface area contributed by atoms with Crippen molar-refractivity contribution in [3.8, 4) is 5.75 Å². The van der Waals surface area contributed by atoms with Crippen LogP contribution in [0.5, 0.6) is 5.75 Å². The van der Waals surface area contributed by atoms with E-state index < -0.39 is 0 Å². The Morgan fingerprint density at radius 1 is 1.32 bits per heavy atom.